The fourth-order valence-corrected chi connectivity index (χ4v) is 3.18. The zero-order valence-corrected chi connectivity index (χ0v) is 13.5. The normalized spacial score (nSPS) is 21.4. The quantitative estimate of drug-likeness (QED) is 0.859. The first-order valence-corrected chi connectivity index (χ1v) is 7.81. The molecule has 24 heavy (non-hydrogen) atoms. The summed E-state index contributed by atoms with van der Waals surface area (Å²) in [4.78, 5) is 23.5. The first-order valence-electron chi connectivity index (χ1n) is 7.81. The van der Waals surface area contributed by atoms with Crippen LogP contribution in [-0.2, 0) is 4.79 Å². The third-order valence-corrected chi connectivity index (χ3v) is 4.57. The van der Waals surface area contributed by atoms with E-state index in [0.29, 0.717) is 29.7 Å². The maximum atomic E-state index is 12.9. The molecule has 0 radical (unpaired) electrons. The van der Waals surface area contributed by atoms with Crippen molar-refractivity contribution in [2.75, 3.05) is 5.32 Å². The highest BCUT2D eigenvalue weighted by Crippen LogP contribution is 2.40. The number of aryl methyl sites for hydroxylation is 2. The molecule has 1 aromatic carbocycles. The monoisotopic (exact) mass is 343 g/mol. The molecule has 1 fully saturated rings. The molecule has 1 saturated carbocycles. The number of hydrogen-bond donors (Lipinski definition) is 2. The zero-order chi connectivity index (χ0) is 18.1. The number of carboxylic acids is 1. The maximum absolute atomic E-state index is 12.9. The minimum absolute atomic E-state index is 0.0556. The number of carbonyl (C=O) groups excluding carboxylic acids is 1. The van der Waals surface area contributed by atoms with Gasteiger partial charge in [0.1, 0.15) is 0 Å². The van der Waals surface area contributed by atoms with E-state index in [9.17, 15) is 22.8 Å². The average Bonchev–Trinajstić information content (AvgIpc) is 2.48. The SMILES string of the molecule is Cc1cc(C)c(C(=O)O)cc1NC(=O)C1CCCC(C(F)(F)F)C1. The maximum Gasteiger partial charge on any atom is 0.391 e. The van der Waals surface area contributed by atoms with E-state index in [2.05, 4.69) is 5.32 Å². The summed E-state index contributed by atoms with van der Waals surface area (Å²) >= 11 is 0. The Balaban J connectivity index is 2.15. The predicted molar refractivity (Wildman–Crippen MR) is 83.0 cm³/mol. The van der Waals surface area contributed by atoms with Gasteiger partial charge >= 0.3 is 12.1 Å². The molecule has 1 amide bonds. The summed E-state index contributed by atoms with van der Waals surface area (Å²) in [6.45, 7) is 3.37. The highest BCUT2D eigenvalue weighted by atomic mass is 19.4. The highest BCUT2D eigenvalue weighted by molar-refractivity contribution is 5.96. The van der Waals surface area contributed by atoms with Gasteiger partial charge in [-0.05, 0) is 50.3 Å². The lowest BCUT2D eigenvalue weighted by Gasteiger charge is -2.29. The fraction of sp³-hybridized carbons (Fsp3) is 0.529. The van der Waals surface area contributed by atoms with Crippen molar-refractivity contribution in [2.24, 2.45) is 11.8 Å². The molecule has 0 spiro atoms. The van der Waals surface area contributed by atoms with Crippen LogP contribution in [0.5, 0.6) is 0 Å². The Morgan fingerprint density at radius 3 is 2.42 bits per heavy atom. The molecule has 1 aliphatic carbocycles. The standard InChI is InChI=1S/C17H20F3NO3/c1-9-6-10(2)14(8-13(9)16(23)24)21-15(22)11-4-3-5-12(7-11)17(18,19)20/h6,8,11-12H,3-5,7H2,1-2H3,(H,21,22)(H,23,24). The highest BCUT2D eigenvalue weighted by Gasteiger charge is 2.43. The molecule has 0 bridgehead atoms. The number of halogens is 3. The molecule has 0 aromatic heterocycles. The molecule has 7 heteroatoms. The summed E-state index contributed by atoms with van der Waals surface area (Å²) in [6, 6.07) is 2.99. The summed E-state index contributed by atoms with van der Waals surface area (Å²) in [7, 11) is 0. The number of aromatic carboxylic acids is 1. The largest absolute Gasteiger partial charge is 0.478 e. The number of rotatable bonds is 3. The van der Waals surface area contributed by atoms with Crippen LogP contribution in [0, 0.1) is 25.7 Å². The Hall–Kier alpha value is -2.05. The van der Waals surface area contributed by atoms with Gasteiger partial charge in [0.05, 0.1) is 11.5 Å². The third kappa shape index (κ3) is 4.07. The molecular formula is C17H20F3NO3. The van der Waals surface area contributed by atoms with E-state index in [1.165, 1.54) is 6.07 Å². The molecule has 0 aliphatic heterocycles. The number of nitrogens with one attached hydrogen (secondary N) is 1. The molecule has 1 aromatic rings. The van der Waals surface area contributed by atoms with Crippen molar-refractivity contribution in [3.05, 3.63) is 28.8 Å². The number of hydrogen-bond acceptors (Lipinski definition) is 2. The second-order valence-electron chi connectivity index (χ2n) is 6.38. The minimum Gasteiger partial charge on any atom is -0.478 e. The van der Waals surface area contributed by atoms with Crippen molar-refractivity contribution in [3.8, 4) is 0 Å². The zero-order valence-electron chi connectivity index (χ0n) is 13.5. The van der Waals surface area contributed by atoms with E-state index in [-0.39, 0.29) is 18.4 Å². The number of benzene rings is 1. The lowest BCUT2D eigenvalue weighted by Crippen LogP contribution is -2.34. The summed E-state index contributed by atoms with van der Waals surface area (Å²) < 4.78 is 38.6. The Bertz CT molecular complexity index is 655. The van der Waals surface area contributed by atoms with E-state index >= 15 is 0 Å². The first-order chi connectivity index (χ1) is 11.1. The Morgan fingerprint density at radius 1 is 1.17 bits per heavy atom. The smallest absolute Gasteiger partial charge is 0.391 e. The number of alkyl halides is 3. The lowest BCUT2D eigenvalue weighted by atomic mass is 9.80. The van der Waals surface area contributed by atoms with Gasteiger partial charge in [0, 0.05) is 11.6 Å². The molecule has 4 nitrogen and oxygen atoms in total. The first kappa shape index (κ1) is 18.3. The van der Waals surface area contributed by atoms with Crippen LogP contribution in [0.25, 0.3) is 0 Å². The number of carbonyl (C=O) groups is 2. The van der Waals surface area contributed by atoms with Crippen LogP contribution in [0.1, 0.15) is 47.2 Å². The molecule has 1 aliphatic rings. The van der Waals surface area contributed by atoms with Crippen molar-refractivity contribution in [1.29, 1.82) is 0 Å². The van der Waals surface area contributed by atoms with Crippen LogP contribution < -0.4 is 5.32 Å². The number of anilines is 1. The van der Waals surface area contributed by atoms with Crippen molar-refractivity contribution in [2.45, 2.75) is 45.7 Å². The van der Waals surface area contributed by atoms with E-state index < -0.39 is 29.9 Å². The molecule has 0 heterocycles. The van der Waals surface area contributed by atoms with Gasteiger partial charge in [0.15, 0.2) is 0 Å². The minimum atomic E-state index is -4.28. The van der Waals surface area contributed by atoms with Crippen LogP contribution in [0.15, 0.2) is 12.1 Å². The summed E-state index contributed by atoms with van der Waals surface area (Å²) in [5, 5.41) is 11.8. The topological polar surface area (TPSA) is 66.4 Å². The second kappa shape index (κ2) is 6.83. The van der Waals surface area contributed by atoms with Gasteiger partial charge in [-0.25, -0.2) is 4.79 Å². The summed E-state index contributed by atoms with van der Waals surface area (Å²) in [6.07, 6.45) is -3.67. The van der Waals surface area contributed by atoms with Crippen molar-refractivity contribution >= 4 is 17.6 Å². The molecule has 132 valence electrons. The molecule has 2 atom stereocenters. The number of carboxylic acid groups (broad SMARTS) is 1. The predicted octanol–water partition coefficient (Wildman–Crippen LogP) is 4.31. The Kier molecular flexibility index (Phi) is 5.20. The Morgan fingerprint density at radius 2 is 1.83 bits per heavy atom. The van der Waals surface area contributed by atoms with Crippen molar-refractivity contribution < 1.29 is 27.9 Å². The molecule has 2 N–H and O–H groups in total. The fourth-order valence-electron chi connectivity index (χ4n) is 3.18. The van der Waals surface area contributed by atoms with Gasteiger partial charge in [-0.1, -0.05) is 12.5 Å². The number of amides is 1. The summed E-state index contributed by atoms with van der Waals surface area (Å²) in [5.41, 5.74) is 1.63. The van der Waals surface area contributed by atoms with E-state index in [1.807, 2.05) is 0 Å². The van der Waals surface area contributed by atoms with Crippen molar-refractivity contribution in [3.63, 3.8) is 0 Å². The third-order valence-electron chi connectivity index (χ3n) is 4.57. The molecule has 0 saturated heterocycles. The van der Waals surface area contributed by atoms with E-state index in [1.54, 1.807) is 19.9 Å². The average molecular weight is 343 g/mol. The van der Waals surface area contributed by atoms with Crippen LogP contribution in [-0.4, -0.2) is 23.2 Å². The van der Waals surface area contributed by atoms with E-state index in [0.717, 1.165) is 0 Å². The van der Waals surface area contributed by atoms with Gasteiger partial charge in [-0.15, -0.1) is 0 Å². The van der Waals surface area contributed by atoms with Crippen LogP contribution in [0.2, 0.25) is 0 Å². The van der Waals surface area contributed by atoms with Crippen LogP contribution >= 0.6 is 0 Å². The van der Waals surface area contributed by atoms with Crippen LogP contribution in [0.4, 0.5) is 18.9 Å². The molecule has 2 unspecified atom stereocenters. The van der Waals surface area contributed by atoms with Gasteiger partial charge in [0.25, 0.3) is 0 Å². The molecule has 2 rings (SSSR count). The second-order valence-corrected chi connectivity index (χ2v) is 6.38. The summed E-state index contributed by atoms with van der Waals surface area (Å²) in [5.74, 6) is -3.75. The van der Waals surface area contributed by atoms with Crippen LogP contribution in [0.3, 0.4) is 0 Å². The van der Waals surface area contributed by atoms with E-state index in [4.69, 9.17) is 5.11 Å². The Labute approximate surface area is 138 Å². The lowest BCUT2D eigenvalue weighted by molar-refractivity contribution is -0.185. The van der Waals surface area contributed by atoms with Gasteiger partial charge in [0.2, 0.25) is 5.91 Å². The van der Waals surface area contributed by atoms with Gasteiger partial charge in [-0.2, -0.15) is 13.2 Å². The molecular weight excluding hydrogens is 323 g/mol. The van der Waals surface area contributed by atoms with Gasteiger partial charge < -0.3 is 10.4 Å². The van der Waals surface area contributed by atoms with Crippen molar-refractivity contribution in [1.82, 2.24) is 0 Å². The van der Waals surface area contributed by atoms with Gasteiger partial charge in [-0.3, -0.25) is 4.79 Å².